The second-order valence-corrected chi connectivity index (χ2v) is 5.03. The van der Waals surface area contributed by atoms with Gasteiger partial charge in [-0.15, -0.1) is 0 Å². The van der Waals surface area contributed by atoms with Crippen molar-refractivity contribution in [3.05, 3.63) is 22.4 Å². The van der Waals surface area contributed by atoms with Crippen molar-refractivity contribution < 1.29 is 4.79 Å². The third-order valence-corrected chi connectivity index (χ3v) is 3.92. The molecule has 0 spiro atoms. The van der Waals surface area contributed by atoms with Gasteiger partial charge in [0.25, 0.3) is 0 Å². The number of hydrogen-bond acceptors (Lipinski definition) is 3. The summed E-state index contributed by atoms with van der Waals surface area (Å²) in [4.78, 5) is 14.0. The van der Waals surface area contributed by atoms with Gasteiger partial charge in [0.2, 0.25) is 5.91 Å². The van der Waals surface area contributed by atoms with E-state index in [0.717, 1.165) is 31.5 Å². The Morgan fingerprint density at radius 2 is 2.31 bits per heavy atom. The zero-order valence-electron chi connectivity index (χ0n) is 9.61. The summed E-state index contributed by atoms with van der Waals surface area (Å²) in [6.45, 7) is 1.79. The predicted molar refractivity (Wildman–Crippen MR) is 66.7 cm³/mol. The minimum Gasteiger partial charge on any atom is -0.342 e. The lowest BCUT2D eigenvalue weighted by Gasteiger charge is -2.31. The normalized spacial score (nSPS) is 17.7. The summed E-state index contributed by atoms with van der Waals surface area (Å²) < 4.78 is 0. The van der Waals surface area contributed by atoms with Crippen LogP contribution in [-0.2, 0) is 11.2 Å². The number of carbonyl (C=O) groups excluding carboxylic acids is 1. The summed E-state index contributed by atoms with van der Waals surface area (Å²) in [5, 5.41) is 7.35. The molecular formula is C12H18N2OS. The maximum absolute atomic E-state index is 12.0. The molecule has 1 aromatic rings. The van der Waals surface area contributed by atoms with E-state index in [-0.39, 0.29) is 5.91 Å². The fourth-order valence-corrected chi connectivity index (χ4v) is 2.77. The SMILES string of the molecule is CNC1CCN(C(=O)Cc2ccsc2)CC1. The largest absolute Gasteiger partial charge is 0.342 e. The van der Waals surface area contributed by atoms with E-state index in [9.17, 15) is 4.79 Å². The van der Waals surface area contributed by atoms with E-state index in [4.69, 9.17) is 0 Å². The first kappa shape index (κ1) is 11.6. The lowest BCUT2D eigenvalue weighted by Crippen LogP contribution is -2.44. The van der Waals surface area contributed by atoms with Crippen LogP contribution in [0.5, 0.6) is 0 Å². The molecule has 1 aromatic heterocycles. The van der Waals surface area contributed by atoms with Crippen molar-refractivity contribution in [3.63, 3.8) is 0 Å². The van der Waals surface area contributed by atoms with Gasteiger partial charge in [0.15, 0.2) is 0 Å². The molecular weight excluding hydrogens is 220 g/mol. The molecule has 4 heteroatoms. The van der Waals surface area contributed by atoms with Crippen LogP contribution in [0.25, 0.3) is 0 Å². The van der Waals surface area contributed by atoms with Crippen LogP contribution in [0.2, 0.25) is 0 Å². The molecule has 16 heavy (non-hydrogen) atoms. The van der Waals surface area contributed by atoms with Crippen molar-refractivity contribution >= 4 is 17.2 Å². The highest BCUT2D eigenvalue weighted by Gasteiger charge is 2.21. The molecule has 2 heterocycles. The van der Waals surface area contributed by atoms with E-state index in [0.29, 0.717) is 12.5 Å². The molecule has 88 valence electrons. The second-order valence-electron chi connectivity index (χ2n) is 4.25. The maximum Gasteiger partial charge on any atom is 0.227 e. The summed E-state index contributed by atoms with van der Waals surface area (Å²) in [5.74, 6) is 0.271. The van der Waals surface area contributed by atoms with E-state index >= 15 is 0 Å². The van der Waals surface area contributed by atoms with Gasteiger partial charge < -0.3 is 10.2 Å². The zero-order chi connectivity index (χ0) is 11.4. The summed E-state index contributed by atoms with van der Waals surface area (Å²) in [7, 11) is 1.99. The minimum absolute atomic E-state index is 0.271. The first-order valence-corrected chi connectivity index (χ1v) is 6.70. The molecule has 0 saturated carbocycles. The molecule has 0 atom stereocenters. The molecule has 0 aliphatic carbocycles. The van der Waals surface area contributed by atoms with Gasteiger partial charge in [0.1, 0.15) is 0 Å². The van der Waals surface area contributed by atoms with Gasteiger partial charge in [-0.05, 0) is 42.3 Å². The van der Waals surface area contributed by atoms with Crippen molar-refractivity contribution in [2.24, 2.45) is 0 Å². The first-order valence-electron chi connectivity index (χ1n) is 5.75. The highest BCUT2D eigenvalue weighted by molar-refractivity contribution is 7.07. The Balaban J connectivity index is 1.82. The van der Waals surface area contributed by atoms with Crippen molar-refractivity contribution in [3.8, 4) is 0 Å². The summed E-state index contributed by atoms with van der Waals surface area (Å²) in [6.07, 6.45) is 2.71. The van der Waals surface area contributed by atoms with Crippen LogP contribution < -0.4 is 5.32 Å². The second kappa shape index (κ2) is 5.46. The van der Waals surface area contributed by atoms with Crippen LogP contribution in [0.4, 0.5) is 0 Å². The Morgan fingerprint density at radius 1 is 1.56 bits per heavy atom. The number of piperidine rings is 1. The van der Waals surface area contributed by atoms with Crippen molar-refractivity contribution in [1.82, 2.24) is 10.2 Å². The highest BCUT2D eigenvalue weighted by Crippen LogP contribution is 2.13. The molecule has 3 nitrogen and oxygen atoms in total. The smallest absolute Gasteiger partial charge is 0.227 e. The molecule has 2 rings (SSSR count). The van der Waals surface area contributed by atoms with Crippen molar-refractivity contribution in [2.45, 2.75) is 25.3 Å². The van der Waals surface area contributed by atoms with Crippen LogP contribution in [-0.4, -0.2) is 37.0 Å². The van der Waals surface area contributed by atoms with E-state index in [1.165, 1.54) is 0 Å². The summed E-state index contributed by atoms with van der Waals surface area (Å²) in [6, 6.07) is 2.62. The van der Waals surface area contributed by atoms with Gasteiger partial charge in [-0.1, -0.05) is 0 Å². The van der Waals surface area contributed by atoms with Crippen molar-refractivity contribution in [2.75, 3.05) is 20.1 Å². The number of rotatable bonds is 3. The van der Waals surface area contributed by atoms with E-state index in [1.54, 1.807) is 11.3 Å². The van der Waals surface area contributed by atoms with Crippen LogP contribution >= 0.6 is 11.3 Å². The third-order valence-electron chi connectivity index (χ3n) is 3.19. The molecule has 0 bridgehead atoms. The monoisotopic (exact) mass is 238 g/mol. The highest BCUT2D eigenvalue weighted by atomic mass is 32.1. The fourth-order valence-electron chi connectivity index (χ4n) is 2.10. The zero-order valence-corrected chi connectivity index (χ0v) is 10.4. The minimum atomic E-state index is 0.271. The molecule has 1 saturated heterocycles. The average molecular weight is 238 g/mol. The molecule has 0 radical (unpaired) electrons. The van der Waals surface area contributed by atoms with Crippen LogP contribution in [0.15, 0.2) is 16.8 Å². The van der Waals surface area contributed by atoms with Gasteiger partial charge in [-0.25, -0.2) is 0 Å². The van der Waals surface area contributed by atoms with Gasteiger partial charge in [-0.2, -0.15) is 11.3 Å². The van der Waals surface area contributed by atoms with E-state index in [1.807, 2.05) is 23.4 Å². The number of carbonyl (C=O) groups is 1. The maximum atomic E-state index is 12.0. The molecule has 0 aromatic carbocycles. The average Bonchev–Trinajstić information content (AvgIpc) is 2.82. The summed E-state index contributed by atoms with van der Waals surface area (Å²) in [5.41, 5.74) is 1.14. The number of thiophene rings is 1. The number of likely N-dealkylation sites (tertiary alicyclic amines) is 1. The number of hydrogen-bond donors (Lipinski definition) is 1. The standard InChI is InChI=1S/C12H18N2OS/c1-13-11-2-5-14(6-3-11)12(15)8-10-4-7-16-9-10/h4,7,9,11,13H,2-3,5-6,8H2,1H3. The number of nitrogens with one attached hydrogen (secondary N) is 1. The molecule has 1 aliphatic heterocycles. The predicted octanol–water partition coefficient (Wildman–Crippen LogP) is 1.50. The molecule has 1 fully saturated rings. The Hall–Kier alpha value is -0.870. The van der Waals surface area contributed by atoms with Gasteiger partial charge in [-0.3, -0.25) is 4.79 Å². The van der Waals surface area contributed by atoms with Crippen molar-refractivity contribution in [1.29, 1.82) is 0 Å². The third kappa shape index (κ3) is 2.83. The Kier molecular flexibility index (Phi) is 3.96. The summed E-state index contributed by atoms with van der Waals surface area (Å²) >= 11 is 1.65. The lowest BCUT2D eigenvalue weighted by molar-refractivity contribution is -0.131. The number of nitrogens with zero attached hydrogens (tertiary/aromatic N) is 1. The molecule has 0 unspecified atom stereocenters. The van der Waals surface area contributed by atoms with Gasteiger partial charge in [0, 0.05) is 19.1 Å². The molecule has 1 N–H and O–H groups in total. The topological polar surface area (TPSA) is 32.3 Å². The van der Waals surface area contributed by atoms with E-state index in [2.05, 4.69) is 10.7 Å². The quantitative estimate of drug-likeness (QED) is 0.865. The Bertz CT molecular complexity index is 329. The van der Waals surface area contributed by atoms with Crippen LogP contribution in [0.3, 0.4) is 0 Å². The van der Waals surface area contributed by atoms with Crippen LogP contribution in [0.1, 0.15) is 18.4 Å². The Morgan fingerprint density at radius 3 is 2.88 bits per heavy atom. The van der Waals surface area contributed by atoms with Crippen LogP contribution in [0, 0.1) is 0 Å². The number of amides is 1. The lowest BCUT2D eigenvalue weighted by atomic mass is 10.0. The first-order chi connectivity index (χ1) is 7.79. The Labute approximate surface area is 100 Å². The van der Waals surface area contributed by atoms with E-state index < -0.39 is 0 Å². The fraction of sp³-hybridized carbons (Fsp3) is 0.583. The van der Waals surface area contributed by atoms with Gasteiger partial charge >= 0.3 is 0 Å². The molecule has 1 aliphatic rings. The molecule has 1 amide bonds. The van der Waals surface area contributed by atoms with Gasteiger partial charge in [0.05, 0.1) is 6.42 Å².